The van der Waals surface area contributed by atoms with E-state index in [2.05, 4.69) is 10.4 Å². The molecule has 0 saturated carbocycles. The highest BCUT2D eigenvalue weighted by atomic mass is 16.3. The van der Waals surface area contributed by atoms with Crippen LogP contribution in [0.25, 0.3) is 0 Å². The standard InChI is InChI=1S/C23H27N11O2/c1-3-13(24)16(27)9-7-8-6(17(28)20(31)21(32)18(8)29)5(10(9)22(3)33-35)11-12(15(7)26)19(30)14(25)4(2)23(11)34-36/h5,7,15H,24-32H2,1-2H3. The van der Waals surface area contributed by atoms with Crippen LogP contribution in [0.5, 0.6) is 0 Å². The largest absolute Gasteiger partial charge is 0.397 e. The second-order valence-corrected chi connectivity index (χ2v) is 9.36. The van der Waals surface area contributed by atoms with Crippen molar-refractivity contribution < 1.29 is 0 Å². The lowest BCUT2D eigenvalue weighted by Crippen LogP contribution is -2.28. The van der Waals surface area contributed by atoms with Gasteiger partial charge in [-0.05, 0) is 46.5 Å². The molecule has 18 N–H and O–H groups in total. The Hall–Kier alpha value is -4.78. The second kappa shape index (κ2) is 7.11. The smallest absolute Gasteiger partial charge is 0.117 e. The number of nitrogens with zero attached hydrogens (tertiary/aromatic N) is 2. The van der Waals surface area contributed by atoms with Crippen LogP contribution in [0.15, 0.2) is 10.4 Å². The average Bonchev–Trinajstić information content (AvgIpc) is 3.04. The van der Waals surface area contributed by atoms with Crippen molar-refractivity contribution in [2.24, 2.45) is 16.1 Å². The van der Waals surface area contributed by atoms with Gasteiger partial charge < -0.3 is 51.6 Å². The Balaban J connectivity index is 2.16. The summed E-state index contributed by atoms with van der Waals surface area (Å²) in [5.74, 6) is -1.77. The van der Waals surface area contributed by atoms with Crippen LogP contribution in [-0.2, 0) is 0 Å². The molecule has 0 fully saturated rings. The highest BCUT2D eigenvalue weighted by Gasteiger charge is 2.50. The summed E-state index contributed by atoms with van der Waals surface area (Å²) >= 11 is 0. The lowest BCUT2D eigenvalue weighted by atomic mass is 9.68. The molecule has 2 bridgehead atoms. The molecule has 0 radical (unpaired) electrons. The van der Waals surface area contributed by atoms with Crippen molar-refractivity contribution in [2.45, 2.75) is 31.7 Å². The molecule has 6 rings (SSSR count). The van der Waals surface area contributed by atoms with Gasteiger partial charge in [-0.25, -0.2) is 0 Å². The summed E-state index contributed by atoms with van der Waals surface area (Å²) in [6.07, 6.45) is 0. The summed E-state index contributed by atoms with van der Waals surface area (Å²) in [7, 11) is 0. The lowest BCUT2D eigenvalue weighted by Gasteiger charge is -2.37. The number of nitrogens with two attached hydrogens (primary N) is 9. The van der Waals surface area contributed by atoms with Crippen LogP contribution in [0.2, 0.25) is 0 Å². The van der Waals surface area contributed by atoms with Gasteiger partial charge in [0, 0.05) is 40.1 Å². The molecule has 3 aromatic carbocycles. The fourth-order valence-electron chi connectivity index (χ4n) is 6.03. The van der Waals surface area contributed by atoms with Crippen molar-refractivity contribution in [2.75, 3.05) is 45.9 Å². The highest BCUT2D eigenvalue weighted by Crippen LogP contribution is 2.66. The molecule has 3 atom stereocenters. The molecule has 3 unspecified atom stereocenters. The zero-order valence-corrected chi connectivity index (χ0v) is 19.6. The highest BCUT2D eigenvalue weighted by molar-refractivity contribution is 5.98. The monoisotopic (exact) mass is 489 g/mol. The van der Waals surface area contributed by atoms with E-state index in [0.717, 1.165) is 0 Å². The normalized spacial score (nSPS) is 19.2. The van der Waals surface area contributed by atoms with E-state index >= 15 is 0 Å². The Labute approximate surface area is 205 Å². The summed E-state index contributed by atoms with van der Waals surface area (Å²) in [5.41, 5.74) is 62.3. The van der Waals surface area contributed by atoms with E-state index < -0.39 is 17.9 Å². The van der Waals surface area contributed by atoms with E-state index in [9.17, 15) is 9.81 Å². The Bertz CT molecular complexity index is 1560. The fraction of sp³-hybridized carbons (Fsp3) is 0.217. The van der Waals surface area contributed by atoms with E-state index in [0.29, 0.717) is 44.5 Å². The van der Waals surface area contributed by atoms with E-state index in [-0.39, 0.29) is 56.9 Å². The molecule has 3 aromatic rings. The molecule has 0 aliphatic heterocycles. The molecule has 0 heterocycles. The first-order valence-electron chi connectivity index (χ1n) is 11.0. The van der Waals surface area contributed by atoms with E-state index in [1.165, 1.54) is 0 Å². The fourth-order valence-corrected chi connectivity index (χ4v) is 6.03. The van der Waals surface area contributed by atoms with Gasteiger partial charge in [-0.3, -0.25) is 0 Å². The van der Waals surface area contributed by atoms with Crippen LogP contribution in [0.4, 0.5) is 56.9 Å². The van der Waals surface area contributed by atoms with Gasteiger partial charge in [0.15, 0.2) is 0 Å². The van der Waals surface area contributed by atoms with Gasteiger partial charge in [-0.15, -0.1) is 9.81 Å². The van der Waals surface area contributed by atoms with Gasteiger partial charge in [0.05, 0.1) is 45.5 Å². The number of hydrogen-bond donors (Lipinski definition) is 9. The van der Waals surface area contributed by atoms with Crippen LogP contribution < -0.4 is 51.6 Å². The Morgan fingerprint density at radius 2 is 0.861 bits per heavy atom. The Morgan fingerprint density at radius 3 is 1.33 bits per heavy atom. The molecule has 36 heavy (non-hydrogen) atoms. The SMILES string of the molecule is Cc1c(N)c(N)c2c(c1N=O)C1c3c(N)c(N)c(N)c(N)c3C(c3c(N)c(N)c(C)c(N=O)c31)C2N. The molecule has 0 aromatic heterocycles. The summed E-state index contributed by atoms with van der Waals surface area (Å²) in [6, 6.07) is -0.956. The average molecular weight is 490 g/mol. The molecule has 3 aliphatic carbocycles. The molecule has 0 spiro atoms. The van der Waals surface area contributed by atoms with Crippen LogP contribution in [0.3, 0.4) is 0 Å². The van der Waals surface area contributed by atoms with Crippen molar-refractivity contribution in [3.63, 3.8) is 0 Å². The van der Waals surface area contributed by atoms with Crippen molar-refractivity contribution in [1.82, 2.24) is 0 Å². The molecule has 0 saturated heterocycles. The van der Waals surface area contributed by atoms with E-state index in [1.807, 2.05) is 0 Å². The van der Waals surface area contributed by atoms with Crippen LogP contribution in [-0.4, -0.2) is 0 Å². The molecule has 0 amide bonds. The first-order chi connectivity index (χ1) is 16.9. The van der Waals surface area contributed by atoms with Gasteiger partial charge >= 0.3 is 0 Å². The zero-order chi connectivity index (χ0) is 26.5. The van der Waals surface area contributed by atoms with Crippen LogP contribution in [0, 0.1) is 23.7 Å². The van der Waals surface area contributed by atoms with Crippen molar-refractivity contribution in [3.05, 3.63) is 54.3 Å². The maximum atomic E-state index is 12.3. The van der Waals surface area contributed by atoms with Crippen molar-refractivity contribution >= 4 is 56.9 Å². The predicted molar refractivity (Wildman–Crippen MR) is 145 cm³/mol. The second-order valence-electron chi connectivity index (χ2n) is 9.36. The minimum absolute atomic E-state index is 0.00914. The van der Waals surface area contributed by atoms with Gasteiger partial charge in [0.25, 0.3) is 0 Å². The molecular formula is C23H27N11O2. The zero-order valence-electron chi connectivity index (χ0n) is 19.6. The topological polar surface area (TPSA) is 293 Å². The van der Waals surface area contributed by atoms with Gasteiger partial charge in [-0.2, -0.15) is 0 Å². The molecule has 13 heteroatoms. The Kier molecular flexibility index (Phi) is 4.54. The molecular weight excluding hydrogens is 462 g/mol. The predicted octanol–water partition coefficient (Wildman–Crippen LogP) is 2.40. The van der Waals surface area contributed by atoms with Crippen molar-refractivity contribution in [3.8, 4) is 0 Å². The van der Waals surface area contributed by atoms with Crippen LogP contribution in [0.1, 0.15) is 62.4 Å². The third-order valence-electron chi connectivity index (χ3n) is 7.87. The minimum atomic E-state index is -0.956. The van der Waals surface area contributed by atoms with Gasteiger partial charge in [-0.1, -0.05) is 0 Å². The van der Waals surface area contributed by atoms with Crippen molar-refractivity contribution in [1.29, 1.82) is 0 Å². The van der Waals surface area contributed by atoms with Crippen LogP contribution >= 0.6 is 0 Å². The summed E-state index contributed by atoms with van der Waals surface area (Å²) in [6.45, 7) is 3.24. The number of nitroso groups, excluding NO2 is 2. The summed E-state index contributed by atoms with van der Waals surface area (Å²) < 4.78 is 0. The number of benzene rings is 3. The maximum absolute atomic E-state index is 12.3. The molecule has 13 nitrogen and oxygen atoms in total. The number of rotatable bonds is 2. The quantitative estimate of drug-likeness (QED) is 0.186. The summed E-state index contributed by atoms with van der Waals surface area (Å²) in [5, 5.41) is 6.61. The third-order valence-corrected chi connectivity index (χ3v) is 7.87. The van der Waals surface area contributed by atoms with E-state index in [4.69, 9.17) is 51.6 Å². The molecule has 3 aliphatic rings. The third kappa shape index (κ3) is 2.36. The first-order valence-corrected chi connectivity index (χ1v) is 11.0. The van der Waals surface area contributed by atoms with Gasteiger partial charge in [0.2, 0.25) is 0 Å². The van der Waals surface area contributed by atoms with Gasteiger partial charge in [0.1, 0.15) is 11.4 Å². The molecule has 186 valence electrons. The first kappa shape index (κ1) is 23.0. The number of anilines is 8. The summed E-state index contributed by atoms with van der Waals surface area (Å²) in [4.78, 5) is 24.5. The minimum Gasteiger partial charge on any atom is -0.397 e. The maximum Gasteiger partial charge on any atom is 0.117 e. The Morgan fingerprint density at radius 1 is 0.500 bits per heavy atom. The van der Waals surface area contributed by atoms with E-state index in [1.54, 1.807) is 13.8 Å². The number of nitrogen functional groups attached to an aromatic ring is 8. The number of hydrogen-bond acceptors (Lipinski definition) is 13. The lowest BCUT2D eigenvalue weighted by molar-refractivity contribution is 0.631.